The Morgan fingerprint density at radius 1 is 1.41 bits per heavy atom. The highest BCUT2D eigenvalue weighted by molar-refractivity contribution is 9.10. The fourth-order valence-electron chi connectivity index (χ4n) is 1.50. The number of carboxylic acids is 1. The van der Waals surface area contributed by atoms with Gasteiger partial charge in [-0.15, -0.1) is 0 Å². The van der Waals surface area contributed by atoms with Crippen LogP contribution >= 0.6 is 31.9 Å². The summed E-state index contributed by atoms with van der Waals surface area (Å²) < 4.78 is 2.97. The fourth-order valence-corrected chi connectivity index (χ4v) is 2.53. The molecule has 0 saturated carbocycles. The third-order valence-corrected chi connectivity index (χ3v) is 3.58. The number of benzene rings is 1. The SMILES string of the molecule is Cc1cc(Br)ccc1-n1ncc(C(=O)O)c1Br. The van der Waals surface area contributed by atoms with E-state index in [1.54, 1.807) is 4.68 Å². The predicted molar refractivity (Wildman–Crippen MR) is 70.7 cm³/mol. The molecule has 1 N–H and O–H groups in total. The van der Waals surface area contributed by atoms with Crippen LogP contribution in [0.15, 0.2) is 33.5 Å². The normalized spacial score (nSPS) is 10.5. The lowest BCUT2D eigenvalue weighted by Gasteiger charge is -2.07. The van der Waals surface area contributed by atoms with Crippen molar-refractivity contribution in [3.63, 3.8) is 0 Å². The van der Waals surface area contributed by atoms with Crippen molar-refractivity contribution < 1.29 is 9.90 Å². The standard InChI is InChI=1S/C11H8Br2N2O2/c1-6-4-7(12)2-3-9(6)15-10(13)8(5-14-15)11(16)17/h2-5H,1H3,(H,16,17). The van der Waals surface area contributed by atoms with Crippen molar-refractivity contribution in [3.8, 4) is 5.69 Å². The highest BCUT2D eigenvalue weighted by atomic mass is 79.9. The number of aryl methyl sites for hydroxylation is 1. The van der Waals surface area contributed by atoms with Crippen molar-refractivity contribution in [3.05, 3.63) is 44.6 Å². The number of carbonyl (C=O) groups is 1. The van der Waals surface area contributed by atoms with Gasteiger partial charge >= 0.3 is 5.97 Å². The second-order valence-electron chi connectivity index (χ2n) is 3.50. The van der Waals surface area contributed by atoms with Gasteiger partial charge in [0, 0.05) is 4.47 Å². The van der Waals surface area contributed by atoms with Gasteiger partial charge in [-0.1, -0.05) is 15.9 Å². The minimum Gasteiger partial charge on any atom is -0.478 e. The lowest BCUT2D eigenvalue weighted by Crippen LogP contribution is -2.01. The van der Waals surface area contributed by atoms with Gasteiger partial charge < -0.3 is 5.11 Å². The molecule has 1 heterocycles. The lowest BCUT2D eigenvalue weighted by molar-refractivity contribution is 0.0696. The fraction of sp³-hybridized carbons (Fsp3) is 0.0909. The van der Waals surface area contributed by atoms with Crippen molar-refractivity contribution in [1.82, 2.24) is 9.78 Å². The molecule has 88 valence electrons. The van der Waals surface area contributed by atoms with Gasteiger partial charge in [-0.25, -0.2) is 9.48 Å². The molecule has 1 aromatic carbocycles. The summed E-state index contributed by atoms with van der Waals surface area (Å²) in [4.78, 5) is 10.9. The van der Waals surface area contributed by atoms with Crippen LogP contribution in [0.5, 0.6) is 0 Å². The van der Waals surface area contributed by atoms with E-state index in [-0.39, 0.29) is 5.56 Å². The summed E-state index contributed by atoms with van der Waals surface area (Å²) in [5.41, 5.74) is 1.99. The average Bonchev–Trinajstić information content (AvgIpc) is 2.60. The summed E-state index contributed by atoms with van der Waals surface area (Å²) in [7, 11) is 0. The highest BCUT2D eigenvalue weighted by Gasteiger charge is 2.16. The van der Waals surface area contributed by atoms with E-state index in [9.17, 15) is 4.79 Å². The van der Waals surface area contributed by atoms with Crippen molar-refractivity contribution in [2.75, 3.05) is 0 Å². The molecule has 17 heavy (non-hydrogen) atoms. The van der Waals surface area contributed by atoms with Crippen LogP contribution in [-0.2, 0) is 0 Å². The van der Waals surface area contributed by atoms with Crippen molar-refractivity contribution in [2.24, 2.45) is 0 Å². The number of rotatable bonds is 2. The maximum absolute atomic E-state index is 10.9. The predicted octanol–water partition coefficient (Wildman–Crippen LogP) is 3.40. The minimum atomic E-state index is -1.00. The molecule has 6 heteroatoms. The van der Waals surface area contributed by atoms with Gasteiger partial charge in [-0.3, -0.25) is 0 Å². The van der Waals surface area contributed by atoms with Gasteiger partial charge in [-0.2, -0.15) is 5.10 Å². The number of aromatic carboxylic acids is 1. The summed E-state index contributed by atoms with van der Waals surface area (Å²) in [5, 5.41) is 13.0. The van der Waals surface area contributed by atoms with Gasteiger partial charge in [-0.05, 0) is 46.6 Å². The van der Waals surface area contributed by atoms with Crippen LogP contribution in [-0.4, -0.2) is 20.9 Å². The summed E-state index contributed by atoms with van der Waals surface area (Å²) in [5.74, 6) is -1.00. The molecular formula is C11H8Br2N2O2. The molecule has 0 unspecified atom stereocenters. The first-order chi connectivity index (χ1) is 8.00. The molecule has 0 aliphatic carbocycles. The smallest absolute Gasteiger partial charge is 0.340 e. The molecule has 0 amide bonds. The van der Waals surface area contributed by atoms with E-state index >= 15 is 0 Å². The van der Waals surface area contributed by atoms with Crippen molar-refractivity contribution in [1.29, 1.82) is 0 Å². The zero-order chi connectivity index (χ0) is 12.6. The van der Waals surface area contributed by atoms with E-state index in [0.717, 1.165) is 15.7 Å². The molecule has 0 atom stereocenters. The van der Waals surface area contributed by atoms with Crippen LogP contribution in [0.1, 0.15) is 15.9 Å². The Hall–Kier alpha value is -1.14. The monoisotopic (exact) mass is 358 g/mol. The molecule has 0 bridgehead atoms. The largest absolute Gasteiger partial charge is 0.478 e. The quantitative estimate of drug-likeness (QED) is 0.893. The Balaban J connectivity index is 2.57. The maximum Gasteiger partial charge on any atom is 0.340 e. The lowest BCUT2D eigenvalue weighted by atomic mass is 10.2. The van der Waals surface area contributed by atoms with Gasteiger partial charge in [0.25, 0.3) is 0 Å². The Kier molecular flexibility index (Phi) is 3.35. The van der Waals surface area contributed by atoms with E-state index < -0.39 is 5.97 Å². The van der Waals surface area contributed by atoms with Crippen LogP contribution in [0.25, 0.3) is 5.69 Å². The second-order valence-corrected chi connectivity index (χ2v) is 5.16. The number of aromatic nitrogens is 2. The molecule has 2 rings (SSSR count). The minimum absolute atomic E-state index is 0.146. The number of halogens is 2. The Bertz CT molecular complexity index is 593. The van der Waals surface area contributed by atoms with Gasteiger partial charge in [0.15, 0.2) is 0 Å². The molecule has 0 aliphatic heterocycles. The van der Waals surface area contributed by atoms with Crippen molar-refractivity contribution in [2.45, 2.75) is 6.92 Å². The number of hydrogen-bond donors (Lipinski definition) is 1. The van der Waals surface area contributed by atoms with Crippen LogP contribution in [0.3, 0.4) is 0 Å². The Morgan fingerprint density at radius 2 is 2.12 bits per heavy atom. The van der Waals surface area contributed by atoms with Crippen LogP contribution in [0.4, 0.5) is 0 Å². The molecular weight excluding hydrogens is 352 g/mol. The second kappa shape index (κ2) is 4.62. The average molecular weight is 360 g/mol. The summed E-state index contributed by atoms with van der Waals surface area (Å²) in [6.45, 7) is 1.94. The summed E-state index contributed by atoms with van der Waals surface area (Å²) in [6, 6.07) is 5.71. The highest BCUT2D eigenvalue weighted by Crippen LogP contribution is 2.24. The van der Waals surface area contributed by atoms with Gasteiger partial charge in [0.1, 0.15) is 10.2 Å². The number of nitrogens with zero attached hydrogens (tertiary/aromatic N) is 2. The number of hydrogen-bond acceptors (Lipinski definition) is 2. The first kappa shape index (κ1) is 12.3. The zero-order valence-electron chi connectivity index (χ0n) is 8.82. The van der Waals surface area contributed by atoms with E-state index in [0.29, 0.717) is 4.60 Å². The molecule has 0 aliphatic rings. The van der Waals surface area contributed by atoms with E-state index in [4.69, 9.17) is 5.11 Å². The van der Waals surface area contributed by atoms with Crippen LogP contribution in [0, 0.1) is 6.92 Å². The molecule has 0 fully saturated rings. The Labute approximate surface area is 115 Å². The third-order valence-electron chi connectivity index (χ3n) is 2.33. The van der Waals surface area contributed by atoms with Crippen LogP contribution < -0.4 is 0 Å². The molecule has 4 nitrogen and oxygen atoms in total. The van der Waals surface area contributed by atoms with Gasteiger partial charge in [0.2, 0.25) is 0 Å². The molecule has 0 saturated heterocycles. The Morgan fingerprint density at radius 3 is 2.65 bits per heavy atom. The van der Waals surface area contributed by atoms with Gasteiger partial charge in [0.05, 0.1) is 11.9 Å². The molecule has 0 spiro atoms. The molecule has 1 aromatic heterocycles. The van der Waals surface area contributed by atoms with Crippen LogP contribution in [0.2, 0.25) is 0 Å². The summed E-state index contributed by atoms with van der Waals surface area (Å²) in [6.07, 6.45) is 1.33. The van der Waals surface area contributed by atoms with Crippen molar-refractivity contribution >= 4 is 37.8 Å². The summed E-state index contributed by atoms with van der Waals surface area (Å²) >= 11 is 6.63. The third kappa shape index (κ3) is 2.28. The van der Waals surface area contributed by atoms with E-state index in [2.05, 4.69) is 37.0 Å². The first-order valence-corrected chi connectivity index (χ1v) is 6.32. The molecule has 2 aromatic rings. The topological polar surface area (TPSA) is 55.1 Å². The van der Waals surface area contributed by atoms with E-state index in [1.165, 1.54) is 6.20 Å². The first-order valence-electron chi connectivity index (χ1n) is 4.74. The zero-order valence-corrected chi connectivity index (χ0v) is 12.0. The maximum atomic E-state index is 10.9. The molecule has 0 radical (unpaired) electrons. The number of carboxylic acid groups (broad SMARTS) is 1. The van der Waals surface area contributed by atoms with E-state index in [1.807, 2.05) is 25.1 Å².